The first-order valence-corrected chi connectivity index (χ1v) is 7.97. The maximum Gasteiger partial charge on any atom is 0.162 e. The first-order valence-electron chi connectivity index (χ1n) is 7.97. The molecule has 1 aromatic heterocycles. The van der Waals surface area contributed by atoms with Crippen LogP contribution >= 0.6 is 0 Å². The minimum atomic E-state index is -0.777. The maximum atomic E-state index is 11.2. The SMILES string of the molecule is CCCn1ncc(OC)c1C1(O)CCCC(CC)CC1. The van der Waals surface area contributed by atoms with Crippen LogP contribution in [0.1, 0.15) is 64.5 Å². The van der Waals surface area contributed by atoms with Crippen LogP contribution in [0.2, 0.25) is 0 Å². The fourth-order valence-corrected chi connectivity index (χ4v) is 3.41. The first-order chi connectivity index (χ1) is 9.64. The molecule has 0 amide bonds. The van der Waals surface area contributed by atoms with Gasteiger partial charge in [0.2, 0.25) is 0 Å². The van der Waals surface area contributed by atoms with Gasteiger partial charge < -0.3 is 9.84 Å². The van der Waals surface area contributed by atoms with Gasteiger partial charge in [0, 0.05) is 6.54 Å². The van der Waals surface area contributed by atoms with E-state index in [2.05, 4.69) is 18.9 Å². The molecule has 1 fully saturated rings. The van der Waals surface area contributed by atoms with Gasteiger partial charge in [-0.05, 0) is 38.0 Å². The molecular formula is C16H28N2O2. The van der Waals surface area contributed by atoms with E-state index in [9.17, 15) is 5.11 Å². The molecule has 20 heavy (non-hydrogen) atoms. The van der Waals surface area contributed by atoms with Crippen LogP contribution in [0, 0.1) is 5.92 Å². The summed E-state index contributed by atoms with van der Waals surface area (Å²) in [6.07, 6.45) is 8.98. The summed E-state index contributed by atoms with van der Waals surface area (Å²) in [5.41, 5.74) is 0.111. The van der Waals surface area contributed by atoms with Gasteiger partial charge in [0.1, 0.15) is 11.3 Å². The third-order valence-electron chi connectivity index (χ3n) is 4.65. The third-order valence-corrected chi connectivity index (χ3v) is 4.65. The Kier molecular flexibility index (Phi) is 5.08. The van der Waals surface area contributed by atoms with E-state index < -0.39 is 5.60 Å². The molecule has 1 aromatic rings. The lowest BCUT2D eigenvalue weighted by atomic mass is 9.89. The van der Waals surface area contributed by atoms with Crippen molar-refractivity contribution < 1.29 is 9.84 Å². The Morgan fingerprint density at radius 1 is 1.40 bits per heavy atom. The predicted octanol–water partition coefficient (Wildman–Crippen LogP) is 3.48. The van der Waals surface area contributed by atoms with Crippen molar-refractivity contribution in [2.24, 2.45) is 5.92 Å². The van der Waals surface area contributed by atoms with Crippen LogP contribution < -0.4 is 4.74 Å². The summed E-state index contributed by atoms with van der Waals surface area (Å²) >= 11 is 0. The van der Waals surface area contributed by atoms with Crippen molar-refractivity contribution in [3.8, 4) is 5.75 Å². The summed E-state index contributed by atoms with van der Waals surface area (Å²) in [4.78, 5) is 0. The van der Waals surface area contributed by atoms with E-state index >= 15 is 0 Å². The maximum absolute atomic E-state index is 11.2. The summed E-state index contributed by atoms with van der Waals surface area (Å²) in [7, 11) is 1.66. The highest BCUT2D eigenvalue weighted by Crippen LogP contribution is 2.42. The van der Waals surface area contributed by atoms with Crippen LogP contribution in [0.25, 0.3) is 0 Å². The molecule has 4 nitrogen and oxygen atoms in total. The van der Waals surface area contributed by atoms with Crippen LogP contribution in [-0.2, 0) is 12.1 Å². The van der Waals surface area contributed by atoms with Gasteiger partial charge in [-0.3, -0.25) is 4.68 Å². The summed E-state index contributed by atoms with van der Waals surface area (Å²) < 4.78 is 7.38. The highest BCUT2D eigenvalue weighted by molar-refractivity contribution is 5.31. The van der Waals surface area contributed by atoms with Crippen molar-refractivity contribution in [3.05, 3.63) is 11.9 Å². The Hall–Kier alpha value is -1.03. The molecule has 114 valence electrons. The second kappa shape index (κ2) is 6.61. The van der Waals surface area contributed by atoms with Crippen molar-refractivity contribution in [2.75, 3.05) is 7.11 Å². The second-order valence-corrected chi connectivity index (χ2v) is 6.02. The smallest absolute Gasteiger partial charge is 0.162 e. The highest BCUT2D eigenvalue weighted by Gasteiger charge is 2.37. The molecule has 0 aliphatic heterocycles. The van der Waals surface area contributed by atoms with Gasteiger partial charge in [-0.2, -0.15) is 5.10 Å². The molecule has 4 heteroatoms. The van der Waals surface area contributed by atoms with Gasteiger partial charge in [0.15, 0.2) is 5.75 Å². The average molecular weight is 280 g/mol. The standard InChI is InChI=1S/C16H28N2O2/c1-4-11-18-15(14(20-3)12-17-18)16(19)9-6-7-13(5-2)8-10-16/h12-13,19H,4-11H2,1-3H3. The van der Waals surface area contributed by atoms with Gasteiger partial charge in [0.25, 0.3) is 0 Å². The van der Waals surface area contributed by atoms with Crippen LogP contribution in [0.5, 0.6) is 5.75 Å². The quantitative estimate of drug-likeness (QED) is 0.840. The van der Waals surface area contributed by atoms with Crippen molar-refractivity contribution >= 4 is 0 Å². The van der Waals surface area contributed by atoms with Crippen LogP contribution in [0.15, 0.2) is 6.20 Å². The minimum Gasteiger partial charge on any atom is -0.493 e. The third kappa shape index (κ3) is 3.00. The molecule has 0 saturated heterocycles. The molecule has 1 aliphatic rings. The molecule has 2 atom stereocenters. The molecule has 1 N–H and O–H groups in total. The molecule has 0 spiro atoms. The lowest BCUT2D eigenvalue weighted by Gasteiger charge is -2.28. The van der Waals surface area contributed by atoms with E-state index in [-0.39, 0.29) is 0 Å². The van der Waals surface area contributed by atoms with E-state index in [1.54, 1.807) is 13.3 Å². The number of hydrogen-bond donors (Lipinski definition) is 1. The van der Waals surface area contributed by atoms with Crippen LogP contribution in [0.3, 0.4) is 0 Å². The Labute approximate surface area is 122 Å². The largest absolute Gasteiger partial charge is 0.493 e. The molecule has 0 radical (unpaired) electrons. The zero-order chi connectivity index (χ0) is 14.6. The molecule has 1 heterocycles. The zero-order valence-electron chi connectivity index (χ0n) is 13.1. The fourth-order valence-electron chi connectivity index (χ4n) is 3.41. The molecule has 1 saturated carbocycles. The van der Waals surface area contributed by atoms with Gasteiger partial charge >= 0.3 is 0 Å². The van der Waals surface area contributed by atoms with Gasteiger partial charge in [0.05, 0.1) is 13.3 Å². The van der Waals surface area contributed by atoms with Crippen LogP contribution in [0.4, 0.5) is 0 Å². The Morgan fingerprint density at radius 3 is 2.85 bits per heavy atom. The number of aryl methyl sites for hydroxylation is 1. The van der Waals surface area contributed by atoms with Gasteiger partial charge in [-0.1, -0.05) is 26.7 Å². The number of hydrogen-bond acceptors (Lipinski definition) is 3. The summed E-state index contributed by atoms with van der Waals surface area (Å²) in [5.74, 6) is 1.48. The van der Waals surface area contributed by atoms with Crippen molar-refractivity contribution in [1.82, 2.24) is 9.78 Å². The molecule has 2 rings (SSSR count). The average Bonchev–Trinajstić information content (AvgIpc) is 2.76. The summed E-state index contributed by atoms with van der Waals surface area (Å²) in [6, 6.07) is 0. The number of methoxy groups -OCH3 is 1. The second-order valence-electron chi connectivity index (χ2n) is 6.02. The predicted molar refractivity (Wildman–Crippen MR) is 79.8 cm³/mol. The van der Waals surface area contributed by atoms with Crippen molar-refractivity contribution in [2.45, 2.75) is 70.9 Å². The minimum absolute atomic E-state index is 0.732. The number of ether oxygens (including phenoxy) is 1. The van der Waals surface area contributed by atoms with E-state index in [1.807, 2.05) is 4.68 Å². The van der Waals surface area contributed by atoms with Crippen molar-refractivity contribution in [1.29, 1.82) is 0 Å². The Bertz CT molecular complexity index is 430. The van der Waals surface area contributed by atoms with E-state index in [4.69, 9.17) is 4.74 Å². The van der Waals surface area contributed by atoms with E-state index in [0.717, 1.165) is 56.0 Å². The highest BCUT2D eigenvalue weighted by atomic mass is 16.5. The number of aromatic nitrogens is 2. The number of aliphatic hydroxyl groups is 1. The van der Waals surface area contributed by atoms with Gasteiger partial charge in [-0.15, -0.1) is 0 Å². The van der Waals surface area contributed by atoms with Crippen LogP contribution in [-0.4, -0.2) is 22.0 Å². The normalized spacial score (nSPS) is 27.3. The van der Waals surface area contributed by atoms with Gasteiger partial charge in [-0.25, -0.2) is 0 Å². The first kappa shape index (κ1) is 15.4. The zero-order valence-corrected chi connectivity index (χ0v) is 13.1. The van der Waals surface area contributed by atoms with Crippen molar-refractivity contribution in [3.63, 3.8) is 0 Å². The molecule has 1 aliphatic carbocycles. The molecule has 0 bridgehead atoms. The lowest BCUT2D eigenvalue weighted by Crippen LogP contribution is -2.29. The molecular weight excluding hydrogens is 252 g/mol. The lowest BCUT2D eigenvalue weighted by molar-refractivity contribution is 0.00851. The number of nitrogens with zero attached hydrogens (tertiary/aromatic N) is 2. The fraction of sp³-hybridized carbons (Fsp3) is 0.812. The Balaban J connectivity index is 2.30. The summed E-state index contributed by atoms with van der Waals surface area (Å²) in [6.45, 7) is 5.21. The summed E-state index contributed by atoms with van der Waals surface area (Å²) in [5, 5.41) is 15.6. The Morgan fingerprint density at radius 2 is 2.20 bits per heavy atom. The number of rotatable bonds is 5. The molecule has 2 unspecified atom stereocenters. The monoisotopic (exact) mass is 280 g/mol. The van der Waals surface area contributed by atoms with E-state index in [0.29, 0.717) is 0 Å². The van der Waals surface area contributed by atoms with E-state index in [1.165, 1.54) is 12.8 Å². The topological polar surface area (TPSA) is 47.3 Å². The molecule has 0 aromatic carbocycles.